The summed E-state index contributed by atoms with van der Waals surface area (Å²) < 4.78 is 0. The molecule has 0 aliphatic heterocycles. The minimum Gasteiger partial charge on any atom is -0.370 e. The van der Waals surface area contributed by atoms with Crippen molar-refractivity contribution in [1.82, 2.24) is 9.88 Å². The minimum absolute atomic E-state index is 0.0121. The molecule has 104 valence electrons. The van der Waals surface area contributed by atoms with E-state index in [1.807, 2.05) is 0 Å². The van der Waals surface area contributed by atoms with E-state index in [0.717, 1.165) is 0 Å². The number of pyridine rings is 1. The number of rotatable bonds is 4. The van der Waals surface area contributed by atoms with Gasteiger partial charge in [0.25, 0.3) is 0 Å². The van der Waals surface area contributed by atoms with Crippen LogP contribution in [-0.4, -0.2) is 41.4 Å². The predicted octanol–water partition coefficient (Wildman–Crippen LogP) is 1.64. The number of nitro groups is 1. The van der Waals surface area contributed by atoms with Gasteiger partial charge in [-0.1, -0.05) is 18.2 Å². The Morgan fingerprint density at radius 3 is 2.75 bits per heavy atom. The van der Waals surface area contributed by atoms with Crippen molar-refractivity contribution in [3.8, 4) is 0 Å². The molecular formula is C13H14N4O3. The summed E-state index contributed by atoms with van der Waals surface area (Å²) in [7, 11) is 3.26. The first-order valence-electron chi connectivity index (χ1n) is 5.97. The summed E-state index contributed by atoms with van der Waals surface area (Å²) in [4.78, 5) is 27.6. The second kappa shape index (κ2) is 5.52. The molecule has 1 N–H and O–H groups in total. The van der Waals surface area contributed by atoms with Crippen LogP contribution in [0.25, 0.3) is 10.9 Å². The number of nitrogens with one attached hydrogen (secondary N) is 1. The molecule has 0 spiro atoms. The molecule has 0 radical (unpaired) electrons. The van der Waals surface area contributed by atoms with Gasteiger partial charge in [0.15, 0.2) is 0 Å². The van der Waals surface area contributed by atoms with E-state index in [1.165, 1.54) is 11.1 Å². The highest BCUT2D eigenvalue weighted by molar-refractivity contribution is 5.97. The van der Waals surface area contributed by atoms with Crippen LogP contribution in [0.3, 0.4) is 0 Å². The van der Waals surface area contributed by atoms with Gasteiger partial charge >= 0.3 is 5.69 Å². The maximum atomic E-state index is 11.6. The molecule has 1 amide bonds. The van der Waals surface area contributed by atoms with Gasteiger partial charge < -0.3 is 10.2 Å². The summed E-state index contributed by atoms with van der Waals surface area (Å²) in [6.45, 7) is -0.0121. The van der Waals surface area contributed by atoms with Crippen LogP contribution < -0.4 is 5.32 Å². The number of anilines is 1. The maximum Gasteiger partial charge on any atom is 0.311 e. The van der Waals surface area contributed by atoms with Crippen LogP contribution in [0.5, 0.6) is 0 Å². The molecule has 0 aliphatic carbocycles. The van der Waals surface area contributed by atoms with Crippen LogP contribution in [0.2, 0.25) is 0 Å². The van der Waals surface area contributed by atoms with E-state index >= 15 is 0 Å². The third-order valence-electron chi connectivity index (χ3n) is 2.87. The summed E-state index contributed by atoms with van der Waals surface area (Å²) in [5.74, 6) is -0.166. The topological polar surface area (TPSA) is 88.4 Å². The zero-order valence-corrected chi connectivity index (χ0v) is 11.2. The lowest BCUT2D eigenvalue weighted by Gasteiger charge is -2.13. The highest BCUT2D eigenvalue weighted by Gasteiger charge is 2.18. The first-order chi connectivity index (χ1) is 9.50. The third kappa shape index (κ3) is 2.66. The van der Waals surface area contributed by atoms with Crippen molar-refractivity contribution in [2.45, 2.75) is 0 Å². The van der Waals surface area contributed by atoms with E-state index in [0.29, 0.717) is 16.6 Å². The first-order valence-corrected chi connectivity index (χ1v) is 5.97. The van der Waals surface area contributed by atoms with E-state index in [2.05, 4.69) is 10.3 Å². The molecule has 0 saturated heterocycles. The highest BCUT2D eigenvalue weighted by atomic mass is 16.6. The zero-order chi connectivity index (χ0) is 14.7. The first kappa shape index (κ1) is 13.7. The van der Waals surface area contributed by atoms with Gasteiger partial charge in [0.1, 0.15) is 11.9 Å². The van der Waals surface area contributed by atoms with Gasteiger partial charge in [-0.15, -0.1) is 0 Å². The molecule has 0 atom stereocenters. The average Bonchev–Trinajstić information content (AvgIpc) is 2.43. The lowest BCUT2D eigenvalue weighted by atomic mass is 10.1. The fourth-order valence-electron chi connectivity index (χ4n) is 1.78. The van der Waals surface area contributed by atoms with Gasteiger partial charge in [-0.05, 0) is 6.07 Å². The van der Waals surface area contributed by atoms with Crippen LogP contribution >= 0.6 is 0 Å². The Bertz CT molecular complexity index is 670. The number of hydrogen-bond acceptors (Lipinski definition) is 5. The van der Waals surface area contributed by atoms with Gasteiger partial charge in [0.05, 0.1) is 17.0 Å². The largest absolute Gasteiger partial charge is 0.370 e. The number of hydrogen-bond donors (Lipinski definition) is 1. The second-order valence-electron chi connectivity index (χ2n) is 4.43. The smallest absolute Gasteiger partial charge is 0.311 e. The number of para-hydroxylation sites is 1. The third-order valence-corrected chi connectivity index (χ3v) is 2.87. The van der Waals surface area contributed by atoms with Crippen LogP contribution in [0.15, 0.2) is 30.5 Å². The molecule has 2 aromatic rings. The number of likely N-dealkylation sites (N-methyl/N-ethyl adjacent to an activating group) is 1. The molecule has 0 bridgehead atoms. The van der Waals surface area contributed by atoms with Crippen molar-refractivity contribution < 1.29 is 9.72 Å². The Kier molecular flexibility index (Phi) is 3.79. The summed E-state index contributed by atoms with van der Waals surface area (Å²) >= 11 is 0. The van der Waals surface area contributed by atoms with Crippen LogP contribution in [0, 0.1) is 10.1 Å². The van der Waals surface area contributed by atoms with Crippen LogP contribution in [0.4, 0.5) is 11.4 Å². The zero-order valence-electron chi connectivity index (χ0n) is 11.2. The standard InChI is InChI=1S/C13H14N4O3/c1-16(2)12(18)8-15-13-9-5-3-4-6-10(9)14-7-11(13)17(19)20/h3-7H,8H2,1-2H3,(H,14,15). The van der Waals surface area contributed by atoms with E-state index in [1.54, 1.807) is 38.4 Å². The molecule has 1 aromatic heterocycles. The number of aromatic nitrogens is 1. The molecule has 0 unspecified atom stereocenters. The lowest BCUT2D eigenvalue weighted by molar-refractivity contribution is -0.384. The van der Waals surface area contributed by atoms with Gasteiger partial charge in [-0.3, -0.25) is 14.9 Å². The molecule has 0 fully saturated rings. The van der Waals surface area contributed by atoms with Crippen molar-refractivity contribution >= 4 is 28.2 Å². The molecule has 7 nitrogen and oxygen atoms in total. The highest BCUT2D eigenvalue weighted by Crippen LogP contribution is 2.31. The predicted molar refractivity (Wildman–Crippen MR) is 75.6 cm³/mol. The quantitative estimate of drug-likeness (QED) is 0.676. The van der Waals surface area contributed by atoms with E-state index in [-0.39, 0.29) is 18.1 Å². The Morgan fingerprint density at radius 1 is 1.40 bits per heavy atom. The van der Waals surface area contributed by atoms with Gasteiger partial charge in [-0.25, -0.2) is 4.98 Å². The molecule has 20 heavy (non-hydrogen) atoms. The molecule has 0 aliphatic rings. The van der Waals surface area contributed by atoms with Gasteiger partial charge in [0.2, 0.25) is 5.91 Å². The number of fused-ring (bicyclic) bond motifs is 1. The minimum atomic E-state index is -0.512. The fourth-order valence-corrected chi connectivity index (χ4v) is 1.78. The van der Waals surface area contributed by atoms with E-state index < -0.39 is 4.92 Å². The lowest BCUT2D eigenvalue weighted by Crippen LogP contribution is -2.28. The maximum absolute atomic E-state index is 11.6. The molecule has 1 aromatic carbocycles. The summed E-state index contributed by atoms with van der Waals surface area (Å²) in [5.41, 5.74) is 0.809. The van der Waals surface area contributed by atoms with Crippen LogP contribution in [-0.2, 0) is 4.79 Å². The average molecular weight is 274 g/mol. The van der Waals surface area contributed by atoms with Crippen molar-refractivity contribution in [3.63, 3.8) is 0 Å². The number of benzene rings is 1. The number of amides is 1. The van der Waals surface area contributed by atoms with Crippen LogP contribution in [0.1, 0.15) is 0 Å². The molecule has 7 heteroatoms. The monoisotopic (exact) mass is 274 g/mol. The fraction of sp³-hybridized carbons (Fsp3) is 0.231. The summed E-state index contributed by atoms with van der Waals surface area (Å²) in [6, 6.07) is 7.07. The van der Waals surface area contributed by atoms with Crippen molar-refractivity contribution in [3.05, 3.63) is 40.6 Å². The Labute approximate surface area is 115 Å². The SMILES string of the molecule is CN(C)C(=O)CNc1c([N+](=O)[O-])cnc2ccccc12. The number of nitrogens with zero attached hydrogens (tertiary/aromatic N) is 3. The number of carbonyl (C=O) groups excluding carboxylic acids is 1. The van der Waals surface area contributed by atoms with Gasteiger partial charge in [-0.2, -0.15) is 0 Å². The van der Waals surface area contributed by atoms with Crippen molar-refractivity contribution in [2.24, 2.45) is 0 Å². The Morgan fingerprint density at radius 2 is 2.10 bits per heavy atom. The Hall–Kier alpha value is -2.70. The van der Waals surface area contributed by atoms with Gasteiger partial charge in [0, 0.05) is 19.5 Å². The molecular weight excluding hydrogens is 260 g/mol. The van der Waals surface area contributed by atoms with E-state index in [4.69, 9.17) is 0 Å². The molecule has 2 rings (SSSR count). The Balaban J connectivity index is 2.44. The number of carbonyl (C=O) groups is 1. The molecule has 1 heterocycles. The normalized spacial score (nSPS) is 10.3. The summed E-state index contributed by atoms with van der Waals surface area (Å²) in [6.07, 6.45) is 1.20. The van der Waals surface area contributed by atoms with E-state index in [9.17, 15) is 14.9 Å². The van der Waals surface area contributed by atoms with Crippen molar-refractivity contribution in [1.29, 1.82) is 0 Å². The van der Waals surface area contributed by atoms with Crippen molar-refractivity contribution in [2.75, 3.05) is 26.0 Å². The second-order valence-corrected chi connectivity index (χ2v) is 4.43. The molecule has 0 saturated carbocycles. The summed E-state index contributed by atoms with van der Waals surface area (Å²) in [5, 5.41) is 14.5.